The Labute approximate surface area is 112 Å². The lowest BCUT2D eigenvalue weighted by Gasteiger charge is -2.18. The Morgan fingerprint density at radius 3 is 2.79 bits per heavy atom. The predicted molar refractivity (Wildman–Crippen MR) is 72.0 cm³/mol. The van der Waals surface area contributed by atoms with Crippen molar-refractivity contribution in [2.75, 3.05) is 14.2 Å². The molecule has 1 atom stereocenters. The fraction of sp³-hybridized carbons (Fsp3) is 0.462. The van der Waals surface area contributed by atoms with Crippen molar-refractivity contribution >= 4 is 0 Å². The number of nitrogens with one attached hydrogen (secondary N) is 1. The van der Waals surface area contributed by atoms with Crippen LogP contribution in [0.4, 0.5) is 0 Å². The number of aromatic nitrogens is 4. The van der Waals surface area contributed by atoms with Gasteiger partial charge in [0, 0.05) is 18.0 Å². The van der Waals surface area contributed by atoms with Crippen molar-refractivity contribution in [2.45, 2.75) is 19.4 Å². The van der Waals surface area contributed by atoms with E-state index in [1.807, 2.05) is 19.2 Å². The molecule has 0 bridgehead atoms. The molecule has 2 rings (SSSR count). The molecule has 0 radical (unpaired) electrons. The molecule has 0 saturated carbocycles. The molecule has 19 heavy (non-hydrogen) atoms. The monoisotopic (exact) mass is 261 g/mol. The zero-order chi connectivity index (χ0) is 13.8. The number of hydrogen-bond donors (Lipinski definition) is 1. The van der Waals surface area contributed by atoms with Gasteiger partial charge in [-0.2, -0.15) is 4.80 Å². The third kappa shape index (κ3) is 3.08. The van der Waals surface area contributed by atoms with E-state index in [0.29, 0.717) is 12.2 Å². The number of benzene rings is 1. The summed E-state index contributed by atoms with van der Waals surface area (Å²) in [5.41, 5.74) is 2.31. The minimum atomic E-state index is 0.0963. The second kappa shape index (κ2) is 5.79. The number of rotatable bonds is 5. The van der Waals surface area contributed by atoms with Gasteiger partial charge in [0.25, 0.3) is 0 Å². The van der Waals surface area contributed by atoms with Crippen LogP contribution in [0.1, 0.15) is 23.0 Å². The first-order valence-electron chi connectivity index (χ1n) is 6.18. The third-order valence-electron chi connectivity index (χ3n) is 3.05. The summed E-state index contributed by atoms with van der Waals surface area (Å²) in [6.45, 7) is 2.07. The number of nitrogens with zero attached hydrogens (tertiary/aromatic N) is 4. The maximum Gasteiger partial charge on any atom is 0.176 e. The lowest BCUT2D eigenvalue weighted by molar-refractivity contribution is 0.400. The van der Waals surface area contributed by atoms with Gasteiger partial charge in [-0.15, -0.1) is 10.2 Å². The topological polar surface area (TPSA) is 64.9 Å². The molecule has 0 fully saturated rings. The molecule has 1 aromatic heterocycles. The average molecular weight is 261 g/mol. The molecule has 1 unspecified atom stereocenters. The van der Waals surface area contributed by atoms with Gasteiger partial charge in [-0.25, -0.2) is 0 Å². The Hall–Kier alpha value is -1.95. The Balaban J connectivity index is 2.28. The van der Waals surface area contributed by atoms with Crippen LogP contribution in [-0.4, -0.2) is 34.4 Å². The molecule has 1 N–H and O–H groups in total. The minimum Gasteiger partial charge on any atom is -0.496 e. The lowest BCUT2D eigenvalue weighted by Crippen LogP contribution is -2.20. The van der Waals surface area contributed by atoms with Gasteiger partial charge in [0.05, 0.1) is 14.2 Å². The van der Waals surface area contributed by atoms with Crippen LogP contribution in [0.2, 0.25) is 0 Å². The van der Waals surface area contributed by atoms with Crippen molar-refractivity contribution in [3.8, 4) is 5.75 Å². The van der Waals surface area contributed by atoms with E-state index in [2.05, 4.69) is 33.7 Å². The Morgan fingerprint density at radius 1 is 1.42 bits per heavy atom. The molecule has 0 aliphatic heterocycles. The van der Waals surface area contributed by atoms with Gasteiger partial charge in [-0.1, -0.05) is 17.7 Å². The van der Waals surface area contributed by atoms with Crippen molar-refractivity contribution in [3.63, 3.8) is 0 Å². The van der Waals surface area contributed by atoms with Crippen LogP contribution in [0.25, 0.3) is 0 Å². The number of ether oxygens (including phenoxy) is 1. The SMILES string of the molecule is CNC(Cc1nnn(C)n1)c1cc(C)ccc1OC. The van der Waals surface area contributed by atoms with Crippen LogP contribution in [0.3, 0.4) is 0 Å². The molecule has 0 aliphatic carbocycles. The molecule has 1 heterocycles. The molecule has 0 spiro atoms. The standard InChI is InChI=1S/C13H19N5O/c1-9-5-6-12(19-4)10(7-9)11(14-2)8-13-15-17-18(3)16-13/h5-7,11,14H,8H2,1-4H3. The van der Waals surface area contributed by atoms with Crippen LogP contribution in [0.15, 0.2) is 18.2 Å². The zero-order valence-corrected chi connectivity index (χ0v) is 11.7. The first-order chi connectivity index (χ1) is 9.13. The summed E-state index contributed by atoms with van der Waals surface area (Å²) in [6.07, 6.45) is 0.671. The summed E-state index contributed by atoms with van der Waals surface area (Å²) in [5.74, 6) is 1.58. The van der Waals surface area contributed by atoms with Crippen LogP contribution < -0.4 is 10.1 Å². The lowest BCUT2D eigenvalue weighted by atomic mass is 10.0. The highest BCUT2D eigenvalue weighted by atomic mass is 16.5. The molecule has 102 valence electrons. The smallest absolute Gasteiger partial charge is 0.176 e. The first-order valence-corrected chi connectivity index (χ1v) is 6.18. The molecule has 2 aromatic rings. The molecular weight excluding hydrogens is 242 g/mol. The van der Waals surface area contributed by atoms with Crippen molar-refractivity contribution in [2.24, 2.45) is 7.05 Å². The van der Waals surface area contributed by atoms with Gasteiger partial charge >= 0.3 is 0 Å². The summed E-state index contributed by atoms with van der Waals surface area (Å²) >= 11 is 0. The van der Waals surface area contributed by atoms with E-state index < -0.39 is 0 Å². The second-order valence-corrected chi connectivity index (χ2v) is 4.49. The Kier molecular flexibility index (Phi) is 4.11. The van der Waals surface area contributed by atoms with Crippen molar-refractivity contribution < 1.29 is 4.74 Å². The quantitative estimate of drug-likeness (QED) is 0.871. The van der Waals surface area contributed by atoms with E-state index >= 15 is 0 Å². The van der Waals surface area contributed by atoms with Crippen LogP contribution in [0, 0.1) is 6.92 Å². The average Bonchev–Trinajstić information content (AvgIpc) is 2.81. The second-order valence-electron chi connectivity index (χ2n) is 4.49. The number of likely N-dealkylation sites (N-methyl/N-ethyl adjacent to an activating group) is 1. The molecule has 6 nitrogen and oxygen atoms in total. The van der Waals surface area contributed by atoms with Gasteiger partial charge in [-0.3, -0.25) is 0 Å². The number of methoxy groups -OCH3 is 1. The summed E-state index contributed by atoms with van der Waals surface area (Å²) in [6, 6.07) is 6.24. The Morgan fingerprint density at radius 2 is 2.21 bits per heavy atom. The van der Waals surface area contributed by atoms with E-state index in [9.17, 15) is 0 Å². The predicted octanol–water partition coefficient (Wildman–Crippen LogP) is 1.03. The largest absolute Gasteiger partial charge is 0.496 e. The fourth-order valence-corrected chi connectivity index (χ4v) is 2.08. The maximum absolute atomic E-state index is 5.42. The highest BCUT2D eigenvalue weighted by molar-refractivity contribution is 5.39. The van der Waals surface area contributed by atoms with Gasteiger partial charge in [0.15, 0.2) is 5.82 Å². The van der Waals surface area contributed by atoms with Gasteiger partial charge in [0.1, 0.15) is 5.75 Å². The summed E-state index contributed by atoms with van der Waals surface area (Å²) in [5, 5.41) is 15.4. The van der Waals surface area contributed by atoms with E-state index in [1.165, 1.54) is 10.4 Å². The number of hydrogen-bond acceptors (Lipinski definition) is 5. The fourth-order valence-electron chi connectivity index (χ4n) is 2.08. The van der Waals surface area contributed by atoms with Crippen LogP contribution in [-0.2, 0) is 13.5 Å². The van der Waals surface area contributed by atoms with Gasteiger partial charge < -0.3 is 10.1 Å². The van der Waals surface area contributed by atoms with E-state index in [4.69, 9.17) is 4.74 Å². The molecule has 0 aliphatic rings. The Bertz CT molecular complexity index is 552. The maximum atomic E-state index is 5.42. The number of aryl methyl sites for hydroxylation is 2. The van der Waals surface area contributed by atoms with Crippen molar-refractivity contribution in [1.29, 1.82) is 0 Å². The first kappa shape index (κ1) is 13.5. The summed E-state index contributed by atoms with van der Waals surface area (Å²) < 4.78 is 5.42. The van der Waals surface area contributed by atoms with Crippen LogP contribution >= 0.6 is 0 Å². The highest BCUT2D eigenvalue weighted by Gasteiger charge is 2.17. The van der Waals surface area contributed by atoms with Crippen LogP contribution in [0.5, 0.6) is 5.75 Å². The van der Waals surface area contributed by atoms with Crippen molar-refractivity contribution in [1.82, 2.24) is 25.5 Å². The summed E-state index contributed by atoms with van der Waals surface area (Å²) in [7, 11) is 5.36. The van der Waals surface area contributed by atoms with Gasteiger partial charge in [-0.05, 0) is 25.3 Å². The van der Waals surface area contributed by atoms with E-state index in [-0.39, 0.29) is 6.04 Å². The van der Waals surface area contributed by atoms with E-state index in [0.717, 1.165) is 11.3 Å². The molecule has 0 amide bonds. The number of tetrazole rings is 1. The minimum absolute atomic E-state index is 0.0963. The van der Waals surface area contributed by atoms with Crippen molar-refractivity contribution in [3.05, 3.63) is 35.2 Å². The summed E-state index contributed by atoms with van der Waals surface area (Å²) in [4.78, 5) is 1.47. The molecule has 1 aromatic carbocycles. The highest BCUT2D eigenvalue weighted by Crippen LogP contribution is 2.27. The zero-order valence-electron chi connectivity index (χ0n) is 11.7. The van der Waals surface area contributed by atoms with Gasteiger partial charge in [0.2, 0.25) is 0 Å². The normalized spacial score (nSPS) is 12.4. The van der Waals surface area contributed by atoms with E-state index in [1.54, 1.807) is 14.2 Å². The third-order valence-corrected chi connectivity index (χ3v) is 3.05. The molecular formula is C13H19N5O. The molecule has 6 heteroatoms. The molecule has 0 saturated heterocycles.